The summed E-state index contributed by atoms with van der Waals surface area (Å²) in [5.74, 6) is 0.562. The molecule has 3 rings (SSSR count). The average molecular weight is 435 g/mol. The van der Waals surface area contributed by atoms with E-state index in [0.29, 0.717) is 17.2 Å². The molecule has 3 aromatic rings. The van der Waals surface area contributed by atoms with Gasteiger partial charge in [0.05, 0.1) is 15.6 Å². The van der Waals surface area contributed by atoms with Crippen LogP contribution in [0.1, 0.15) is 0 Å². The number of rotatable bonds is 7. The molecule has 0 radical (unpaired) electrons. The van der Waals surface area contributed by atoms with Gasteiger partial charge in [-0.15, -0.1) is 0 Å². The third-order valence-electron chi connectivity index (χ3n) is 3.99. The van der Waals surface area contributed by atoms with E-state index in [9.17, 15) is 20.2 Å². The predicted molar refractivity (Wildman–Crippen MR) is 117 cm³/mol. The largest absolute Gasteiger partial charge is 0.457 e. The molecule has 0 aliphatic carbocycles. The first kappa shape index (κ1) is 21.4. The maximum atomic E-state index is 12.4. The molecule has 1 amide bonds. The van der Waals surface area contributed by atoms with Gasteiger partial charge >= 0.3 is 0 Å². The molecule has 9 heteroatoms. The number of nitrogens with one attached hydrogen (secondary N) is 2. The van der Waals surface area contributed by atoms with Crippen molar-refractivity contribution in [2.24, 2.45) is 0 Å². The average Bonchev–Trinajstić information content (AvgIpc) is 2.77. The number of carbonyl (C=O) groups is 1. The molecule has 0 spiro atoms. The molecule has 0 aliphatic rings. The van der Waals surface area contributed by atoms with Gasteiger partial charge in [0.2, 0.25) is 0 Å². The molecule has 8 nitrogen and oxygen atoms in total. The molecule has 31 heavy (non-hydrogen) atoms. The van der Waals surface area contributed by atoms with Crippen LogP contribution >= 0.6 is 11.6 Å². The number of nitrogens with zero attached hydrogens (tertiary/aromatic N) is 2. The van der Waals surface area contributed by atoms with E-state index in [0.717, 1.165) is 6.07 Å². The van der Waals surface area contributed by atoms with E-state index in [-0.39, 0.29) is 22.0 Å². The number of nitro groups is 1. The first-order valence-corrected chi connectivity index (χ1v) is 9.29. The fraction of sp³-hybridized carbons (Fsp3) is 0. The molecule has 0 aromatic heterocycles. The van der Waals surface area contributed by atoms with Crippen molar-refractivity contribution in [3.8, 4) is 17.6 Å². The summed E-state index contributed by atoms with van der Waals surface area (Å²) in [7, 11) is 0. The van der Waals surface area contributed by atoms with Crippen molar-refractivity contribution in [2.75, 3.05) is 10.6 Å². The van der Waals surface area contributed by atoms with Crippen LogP contribution in [0.25, 0.3) is 0 Å². The van der Waals surface area contributed by atoms with Crippen molar-refractivity contribution in [3.63, 3.8) is 0 Å². The zero-order chi connectivity index (χ0) is 22.2. The summed E-state index contributed by atoms with van der Waals surface area (Å²) in [5.41, 5.74) is 0.170. The van der Waals surface area contributed by atoms with Crippen LogP contribution in [0.15, 0.2) is 84.6 Å². The van der Waals surface area contributed by atoms with Gasteiger partial charge in [-0.3, -0.25) is 14.9 Å². The first-order valence-electron chi connectivity index (χ1n) is 8.91. The minimum absolute atomic E-state index is 0.0319. The number of halogens is 1. The van der Waals surface area contributed by atoms with Crippen LogP contribution in [0.2, 0.25) is 5.02 Å². The van der Waals surface area contributed by atoms with Gasteiger partial charge in [-0.1, -0.05) is 29.8 Å². The molecule has 0 fully saturated rings. The van der Waals surface area contributed by atoms with Gasteiger partial charge in [0.1, 0.15) is 23.1 Å². The number of benzene rings is 3. The van der Waals surface area contributed by atoms with E-state index < -0.39 is 10.8 Å². The number of hydrogen-bond donors (Lipinski definition) is 2. The van der Waals surface area contributed by atoms with E-state index in [2.05, 4.69) is 10.6 Å². The number of hydrogen-bond acceptors (Lipinski definition) is 6. The molecule has 2 N–H and O–H groups in total. The van der Waals surface area contributed by atoms with Crippen LogP contribution in [0.3, 0.4) is 0 Å². The standard InChI is InChI=1S/C22H15ClN4O4/c23-20-11-8-17(27(29)30)12-21(20)26-22(28)15(13-24)14-25-16-6-9-19(10-7-16)31-18-4-2-1-3-5-18/h1-12,14,25H,(H,26,28)/b15-14-. The number of nitro benzene ring substituents is 1. The van der Waals surface area contributed by atoms with E-state index in [1.54, 1.807) is 30.3 Å². The lowest BCUT2D eigenvalue weighted by Gasteiger charge is -2.08. The second-order valence-corrected chi connectivity index (χ2v) is 6.54. The fourth-order valence-electron chi connectivity index (χ4n) is 2.46. The lowest BCUT2D eigenvalue weighted by Crippen LogP contribution is -2.15. The zero-order valence-electron chi connectivity index (χ0n) is 15.9. The van der Waals surface area contributed by atoms with Crippen molar-refractivity contribution < 1.29 is 14.5 Å². The Morgan fingerprint density at radius 1 is 1.06 bits per heavy atom. The molecule has 154 valence electrons. The number of anilines is 2. The SMILES string of the molecule is N#C/C(=C/Nc1ccc(Oc2ccccc2)cc1)C(=O)Nc1cc([N+](=O)[O-])ccc1Cl. The summed E-state index contributed by atoms with van der Waals surface area (Å²) in [5, 5.41) is 25.6. The Morgan fingerprint density at radius 3 is 2.39 bits per heavy atom. The van der Waals surface area contributed by atoms with Crippen LogP contribution in [0.5, 0.6) is 11.5 Å². The lowest BCUT2D eigenvalue weighted by molar-refractivity contribution is -0.384. The van der Waals surface area contributed by atoms with Crippen molar-refractivity contribution >= 4 is 34.6 Å². The normalized spacial score (nSPS) is 10.6. The number of amides is 1. The smallest absolute Gasteiger partial charge is 0.271 e. The number of carbonyl (C=O) groups excluding carboxylic acids is 1. The lowest BCUT2D eigenvalue weighted by atomic mass is 10.2. The predicted octanol–water partition coefficient (Wildman–Crippen LogP) is 5.50. The molecular formula is C22H15ClN4O4. The van der Waals surface area contributed by atoms with Crippen molar-refractivity contribution in [2.45, 2.75) is 0 Å². The van der Waals surface area contributed by atoms with Crippen LogP contribution in [-0.4, -0.2) is 10.8 Å². The Bertz CT molecular complexity index is 1170. The van der Waals surface area contributed by atoms with Crippen molar-refractivity contribution in [3.05, 3.63) is 99.7 Å². The Morgan fingerprint density at radius 2 is 1.74 bits per heavy atom. The van der Waals surface area contributed by atoms with E-state index in [1.165, 1.54) is 18.3 Å². The van der Waals surface area contributed by atoms with Gasteiger partial charge in [0, 0.05) is 24.0 Å². The van der Waals surface area contributed by atoms with Gasteiger partial charge in [0.15, 0.2) is 0 Å². The Hall–Kier alpha value is -4.35. The number of para-hydroxylation sites is 1. The molecule has 0 bridgehead atoms. The summed E-state index contributed by atoms with van der Waals surface area (Å²) >= 11 is 5.97. The summed E-state index contributed by atoms with van der Waals surface area (Å²) in [4.78, 5) is 22.6. The Labute approximate surface area is 182 Å². The molecular weight excluding hydrogens is 420 g/mol. The van der Waals surface area contributed by atoms with Crippen LogP contribution < -0.4 is 15.4 Å². The van der Waals surface area contributed by atoms with Crippen LogP contribution in [0, 0.1) is 21.4 Å². The molecule has 0 atom stereocenters. The summed E-state index contributed by atoms with van der Waals surface area (Å²) in [6.07, 6.45) is 1.23. The third kappa shape index (κ3) is 5.82. The highest BCUT2D eigenvalue weighted by atomic mass is 35.5. The minimum Gasteiger partial charge on any atom is -0.457 e. The van der Waals surface area contributed by atoms with Gasteiger partial charge in [-0.2, -0.15) is 5.26 Å². The highest BCUT2D eigenvalue weighted by Gasteiger charge is 2.15. The molecule has 0 aliphatic heterocycles. The Balaban J connectivity index is 1.66. The molecule has 0 saturated heterocycles. The summed E-state index contributed by atoms with van der Waals surface area (Å²) in [6.45, 7) is 0. The second-order valence-electron chi connectivity index (χ2n) is 6.13. The Kier molecular flexibility index (Phi) is 6.83. The highest BCUT2D eigenvalue weighted by molar-refractivity contribution is 6.34. The van der Waals surface area contributed by atoms with Crippen molar-refractivity contribution in [1.82, 2.24) is 0 Å². The maximum absolute atomic E-state index is 12.4. The highest BCUT2D eigenvalue weighted by Crippen LogP contribution is 2.27. The topological polar surface area (TPSA) is 117 Å². The number of non-ortho nitro benzene ring substituents is 1. The quantitative estimate of drug-likeness (QED) is 0.219. The fourth-order valence-corrected chi connectivity index (χ4v) is 2.62. The molecule has 0 saturated carbocycles. The number of ether oxygens (including phenoxy) is 1. The molecule has 3 aromatic carbocycles. The summed E-state index contributed by atoms with van der Waals surface area (Å²) in [6, 6.07) is 21.6. The molecule has 0 unspecified atom stereocenters. The minimum atomic E-state index is -0.763. The van der Waals surface area contributed by atoms with Gasteiger partial charge < -0.3 is 15.4 Å². The summed E-state index contributed by atoms with van der Waals surface area (Å²) < 4.78 is 5.70. The molecule has 0 heterocycles. The van der Waals surface area contributed by atoms with Gasteiger partial charge in [-0.25, -0.2) is 0 Å². The monoisotopic (exact) mass is 434 g/mol. The number of nitriles is 1. The zero-order valence-corrected chi connectivity index (χ0v) is 16.7. The van der Waals surface area contributed by atoms with Crippen LogP contribution in [0.4, 0.5) is 17.1 Å². The van der Waals surface area contributed by atoms with E-state index in [1.807, 2.05) is 30.3 Å². The first-order chi connectivity index (χ1) is 15.0. The third-order valence-corrected chi connectivity index (χ3v) is 4.32. The van der Waals surface area contributed by atoms with Gasteiger partial charge in [0.25, 0.3) is 11.6 Å². The maximum Gasteiger partial charge on any atom is 0.271 e. The van der Waals surface area contributed by atoms with E-state index in [4.69, 9.17) is 16.3 Å². The van der Waals surface area contributed by atoms with Crippen molar-refractivity contribution in [1.29, 1.82) is 5.26 Å². The second kappa shape index (κ2) is 9.91. The van der Waals surface area contributed by atoms with Gasteiger partial charge in [-0.05, 0) is 42.5 Å². The van der Waals surface area contributed by atoms with E-state index >= 15 is 0 Å². The van der Waals surface area contributed by atoms with Crippen LogP contribution in [-0.2, 0) is 4.79 Å².